The minimum Gasteiger partial charge on any atom is -0.487 e. The monoisotopic (exact) mass is 410 g/mol. The molecule has 0 saturated carbocycles. The Morgan fingerprint density at radius 2 is 2.11 bits per heavy atom. The molecule has 0 aliphatic carbocycles. The summed E-state index contributed by atoms with van der Waals surface area (Å²) < 4.78 is 6.85. The van der Waals surface area contributed by atoms with Crippen LogP contribution in [-0.4, -0.2) is 27.9 Å². The number of fused-ring (bicyclic) bond motifs is 1. The Bertz CT molecular complexity index is 1050. The largest absolute Gasteiger partial charge is 0.487 e. The number of carbonyl (C=O) groups excluding carboxylic acids is 1. The van der Waals surface area contributed by atoms with Crippen molar-refractivity contribution in [2.75, 3.05) is 12.4 Å². The van der Waals surface area contributed by atoms with Crippen LogP contribution < -0.4 is 10.1 Å². The van der Waals surface area contributed by atoms with Crippen molar-refractivity contribution in [3.8, 4) is 5.75 Å². The van der Waals surface area contributed by atoms with E-state index in [0.717, 1.165) is 20.9 Å². The summed E-state index contributed by atoms with van der Waals surface area (Å²) in [5.41, 5.74) is 4.30. The van der Waals surface area contributed by atoms with E-state index in [4.69, 9.17) is 4.74 Å². The Kier molecular flexibility index (Phi) is 5.50. The molecule has 6 nitrogen and oxygen atoms in total. The highest BCUT2D eigenvalue weighted by molar-refractivity contribution is 7.18. The number of rotatable bonds is 6. The first-order valence-corrected chi connectivity index (χ1v) is 10.4. The van der Waals surface area contributed by atoms with Crippen LogP contribution in [0.4, 0.5) is 10.5 Å². The summed E-state index contributed by atoms with van der Waals surface area (Å²) >= 11 is 3.13. The zero-order chi connectivity index (χ0) is 19.3. The Morgan fingerprint density at radius 1 is 1.21 bits per heavy atom. The van der Waals surface area contributed by atoms with E-state index in [2.05, 4.69) is 15.3 Å². The van der Waals surface area contributed by atoms with Crippen molar-refractivity contribution in [3.05, 3.63) is 70.1 Å². The van der Waals surface area contributed by atoms with Crippen LogP contribution in [0.15, 0.2) is 59.4 Å². The Morgan fingerprint density at radius 3 is 2.93 bits per heavy atom. The van der Waals surface area contributed by atoms with Crippen LogP contribution in [0, 0.1) is 0 Å². The third-order valence-electron chi connectivity index (χ3n) is 4.01. The van der Waals surface area contributed by atoms with Gasteiger partial charge in [0, 0.05) is 24.2 Å². The number of aromatic nitrogens is 2. The number of para-hydroxylation sites is 1. The quantitative estimate of drug-likeness (QED) is 0.486. The average molecular weight is 411 g/mol. The highest BCUT2D eigenvalue weighted by atomic mass is 32.1. The lowest BCUT2D eigenvalue weighted by molar-refractivity contribution is 0.220. The van der Waals surface area contributed by atoms with Crippen molar-refractivity contribution in [1.29, 1.82) is 0 Å². The minimum atomic E-state index is -0.198. The fourth-order valence-corrected chi connectivity index (χ4v) is 4.17. The number of thiazole rings is 2. The van der Waals surface area contributed by atoms with Crippen LogP contribution in [0.25, 0.3) is 10.2 Å². The van der Waals surface area contributed by atoms with Crippen molar-refractivity contribution in [3.63, 3.8) is 0 Å². The van der Waals surface area contributed by atoms with E-state index in [0.29, 0.717) is 24.6 Å². The van der Waals surface area contributed by atoms with Gasteiger partial charge in [0.15, 0.2) is 0 Å². The highest BCUT2D eigenvalue weighted by Gasteiger charge is 2.13. The fourth-order valence-electron chi connectivity index (χ4n) is 2.61. The van der Waals surface area contributed by atoms with Crippen LogP contribution >= 0.6 is 22.7 Å². The van der Waals surface area contributed by atoms with E-state index in [-0.39, 0.29) is 6.03 Å². The second kappa shape index (κ2) is 8.37. The van der Waals surface area contributed by atoms with Crippen LogP contribution in [0.3, 0.4) is 0 Å². The number of nitrogens with zero attached hydrogens (tertiary/aromatic N) is 3. The lowest BCUT2D eigenvalue weighted by Crippen LogP contribution is -2.30. The predicted molar refractivity (Wildman–Crippen MR) is 113 cm³/mol. The minimum absolute atomic E-state index is 0.198. The first-order chi connectivity index (χ1) is 13.7. The lowest BCUT2D eigenvalue weighted by Gasteiger charge is -2.17. The molecule has 4 aromatic rings. The van der Waals surface area contributed by atoms with E-state index in [1.165, 1.54) is 11.3 Å². The molecule has 28 heavy (non-hydrogen) atoms. The van der Waals surface area contributed by atoms with Gasteiger partial charge in [-0.1, -0.05) is 18.2 Å². The molecule has 0 aliphatic rings. The van der Waals surface area contributed by atoms with E-state index in [1.54, 1.807) is 34.9 Å². The van der Waals surface area contributed by atoms with Gasteiger partial charge in [-0.3, -0.25) is 0 Å². The molecule has 8 heteroatoms. The van der Waals surface area contributed by atoms with Gasteiger partial charge in [0.1, 0.15) is 17.4 Å². The lowest BCUT2D eigenvalue weighted by atomic mass is 10.3. The maximum absolute atomic E-state index is 12.5. The summed E-state index contributed by atoms with van der Waals surface area (Å²) in [6.07, 6.45) is 0. The van der Waals surface area contributed by atoms with Gasteiger partial charge in [-0.25, -0.2) is 14.8 Å². The fraction of sp³-hybridized carbons (Fsp3) is 0.150. The van der Waals surface area contributed by atoms with Crippen molar-refractivity contribution in [2.45, 2.75) is 13.2 Å². The molecular weight excluding hydrogens is 392 g/mol. The molecule has 0 unspecified atom stereocenters. The molecular formula is C20H18N4O2S2. The number of anilines is 1. The van der Waals surface area contributed by atoms with Gasteiger partial charge in [-0.2, -0.15) is 0 Å². The number of urea groups is 1. The molecule has 0 bridgehead atoms. The summed E-state index contributed by atoms with van der Waals surface area (Å²) in [5, 5.41) is 5.75. The van der Waals surface area contributed by atoms with Crippen molar-refractivity contribution < 1.29 is 9.53 Å². The molecule has 0 saturated heterocycles. The summed E-state index contributed by atoms with van der Waals surface area (Å²) in [6, 6.07) is 15.1. The van der Waals surface area contributed by atoms with Crippen LogP contribution in [0.1, 0.15) is 10.7 Å². The zero-order valence-electron chi connectivity index (χ0n) is 15.2. The first-order valence-electron chi connectivity index (χ1n) is 8.64. The van der Waals surface area contributed by atoms with Gasteiger partial charge >= 0.3 is 6.03 Å². The summed E-state index contributed by atoms with van der Waals surface area (Å²) in [7, 11) is 1.75. The number of carbonyl (C=O) groups is 1. The number of benzene rings is 2. The number of nitrogens with one attached hydrogen (secondary N) is 1. The Labute approximate surface area is 170 Å². The summed E-state index contributed by atoms with van der Waals surface area (Å²) in [6.45, 7) is 0.851. The molecule has 0 radical (unpaired) electrons. The number of ether oxygens (including phenoxy) is 1. The molecule has 1 N–H and O–H groups in total. The summed E-state index contributed by atoms with van der Waals surface area (Å²) in [4.78, 5) is 22.9. The molecule has 2 heterocycles. The standard InChI is InChI=1S/C20H18N4O2S2/c1-24(10-19-23-17-7-2-3-8-18(17)28-19)20(25)22-14-5-4-6-16(9-14)26-11-15-12-27-13-21-15/h2-9,12-13H,10-11H2,1H3,(H,22,25). The van der Waals surface area contributed by atoms with E-state index < -0.39 is 0 Å². The molecule has 0 spiro atoms. The Balaban J connectivity index is 1.36. The second-order valence-electron chi connectivity index (χ2n) is 6.16. The van der Waals surface area contributed by atoms with Crippen molar-refractivity contribution >= 4 is 44.6 Å². The third-order valence-corrected chi connectivity index (χ3v) is 5.67. The van der Waals surface area contributed by atoms with Crippen molar-refractivity contribution in [1.82, 2.24) is 14.9 Å². The maximum atomic E-state index is 12.5. The van der Waals surface area contributed by atoms with E-state index >= 15 is 0 Å². The predicted octanol–water partition coefficient (Wildman–Crippen LogP) is 5.00. The van der Waals surface area contributed by atoms with Gasteiger partial charge in [0.25, 0.3) is 0 Å². The Hall–Kier alpha value is -2.97. The molecule has 142 valence electrons. The van der Waals surface area contributed by atoms with E-state index in [1.807, 2.05) is 47.8 Å². The number of amides is 2. The van der Waals surface area contributed by atoms with Gasteiger partial charge < -0.3 is 15.0 Å². The number of hydrogen-bond donors (Lipinski definition) is 1. The van der Waals surface area contributed by atoms with E-state index in [9.17, 15) is 4.79 Å². The molecule has 0 atom stereocenters. The van der Waals surface area contributed by atoms with Gasteiger partial charge in [0.2, 0.25) is 0 Å². The van der Waals surface area contributed by atoms with Crippen LogP contribution in [-0.2, 0) is 13.2 Å². The zero-order valence-corrected chi connectivity index (χ0v) is 16.8. The van der Waals surface area contributed by atoms with Crippen molar-refractivity contribution in [2.24, 2.45) is 0 Å². The van der Waals surface area contributed by atoms with Crippen LogP contribution in [0.2, 0.25) is 0 Å². The smallest absolute Gasteiger partial charge is 0.321 e. The molecule has 0 fully saturated rings. The average Bonchev–Trinajstić information content (AvgIpc) is 3.35. The molecule has 2 aromatic carbocycles. The molecule has 2 amide bonds. The molecule has 4 rings (SSSR count). The van der Waals surface area contributed by atoms with Gasteiger partial charge in [-0.05, 0) is 24.3 Å². The normalized spacial score (nSPS) is 10.8. The van der Waals surface area contributed by atoms with Crippen LogP contribution in [0.5, 0.6) is 5.75 Å². The second-order valence-corrected chi connectivity index (χ2v) is 7.99. The SMILES string of the molecule is CN(Cc1nc2ccccc2s1)C(=O)Nc1cccc(OCc2cscn2)c1. The first kappa shape index (κ1) is 18.4. The maximum Gasteiger partial charge on any atom is 0.321 e. The highest BCUT2D eigenvalue weighted by Crippen LogP contribution is 2.23. The molecule has 2 aromatic heterocycles. The topological polar surface area (TPSA) is 67.4 Å². The third kappa shape index (κ3) is 4.47. The summed E-state index contributed by atoms with van der Waals surface area (Å²) in [5.74, 6) is 0.680. The van der Waals surface area contributed by atoms with Gasteiger partial charge in [-0.15, -0.1) is 22.7 Å². The van der Waals surface area contributed by atoms with Gasteiger partial charge in [0.05, 0.1) is 28.0 Å². The molecule has 0 aliphatic heterocycles. The number of hydrogen-bond acceptors (Lipinski definition) is 6.